The van der Waals surface area contributed by atoms with Gasteiger partial charge < -0.3 is 19.5 Å². The minimum Gasteiger partial charge on any atom is -0.491 e. The van der Waals surface area contributed by atoms with Crippen molar-refractivity contribution in [3.63, 3.8) is 0 Å². The number of aryl methyl sites for hydroxylation is 1. The highest BCUT2D eigenvalue weighted by Gasteiger charge is 2.35. The molecule has 0 bridgehead atoms. The maximum Gasteiger partial charge on any atom is 0.293 e. The predicted molar refractivity (Wildman–Crippen MR) is 174 cm³/mol. The van der Waals surface area contributed by atoms with Gasteiger partial charge in [0.25, 0.3) is 17.1 Å². The van der Waals surface area contributed by atoms with Gasteiger partial charge in [0, 0.05) is 0 Å². The SMILES string of the molecule is CCOc1cc(/C=C2\SC(=O)N(CCOc3cc(C)ccc3C(C)C)C2=O)cc(Br)c1OCC(=O)Nc1ccccc1Cl. The van der Waals surface area contributed by atoms with Crippen LogP contribution >= 0.6 is 39.3 Å². The lowest BCUT2D eigenvalue weighted by Crippen LogP contribution is -2.32. The first-order valence-corrected chi connectivity index (χ1v) is 15.7. The van der Waals surface area contributed by atoms with Gasteiger partial charge in [-0.3, -0.25) is 19.3 Å². The van der Waals surface area contributed by atoms with Gasteiger partial charge in [-0.1, -0.05) is 49.7 Å². The molecule has 1 N–H and O–H groups in total. The van der Waals surface area contributed by atoms with Crippen LogP contribution in [0.1, 0.15) is 43.4 Å². The maximum atomic E-state index is 13.1. The van der Waals surface area contributed by atoms with Gasteiger partial charge in [-0.2, -0.15) is 0 Å². The third-order valence-electron chi connectivity index (χ3n) is 6.36. The first-order valence-electron chi connectivity index (χ1n) is 13.7. The zero-order chi connectivity index (χ0) is 31.1. The fourth-order valence-corrected chi connectivity index (χ4v) is 5.92. The van der Waals surface area contributed by atoms with Gasteiger partial charge in [-0.25, -0.2) is 0 Å². The van der Waals surface area contributed by atoms with Crippen LogP contribution in [-0.2, 0) is 9.59 Å². The summed E-state index contributed by atoms with van der Waals surface area (Å²) in [5.74, 6) is 0.953. The molecule has 1 saturated heterocycles. The van der Waals surface area contributed by atoms with E-state index >= 15 is 0 Å². The normalized spacial score (nSPS) is 14.0. The van der Waals surface area contributed by atoms with E-state index in [-0.39, 0.29) is 35.8 Å². The average Bonchev–Trinajstić information content (AvgIpc) is 3.21. The van der Waals surface area contributed by atoms with E-state index in [1.54, 1.807) is 42.5 Å². The predicted octanol–water partition coefficient (Wildman–Crippen LogP) is 8.07. The Kier molecular flexibility index (Phi) is 11.2. The fraction of sp³-hybridized carbons (Fsp3) is 0.281. The fourth-order valence-electron chi connectivity index (χ4n) is 4.30. The Labute approximate surface area is 268 Å². The molecule has 0 atom stereocenters. The number of nitrogens with one attached hydrogen (secondary N) is 1. The molecule has 8 nitrogen and oxygen atoms in total. The van der Waals surface area contributed by atoms with Gasteiger partial charge in [0.05, 0.1) is 33.2 Å². The molecular weight excluding hydrogens is 656 g/mol. The highest BCUT2D eigenvalue weighted by molar-refractivity contribution is 9.10. The van der Waals surface area contributed by atoms with Crippen molar-refractivity contribution in [3.05, 3.63) is 85.7 Å². The molecule has 0 unspecified atom stereocenters. The molecule has 1 aliphatic heterocycles. The van der Waals surface area contributed by atoms with Crippen LogP contribution in [0.5, 0.6) is 17.2 Å². The molecule has 0 aromatic heterocycles. The highest BCUT2D eigenvalue weighted by atomic mass is 79.9. The molecule has 11 heteroatoms. The number of hydrogen-bond acceptors (Lipinski definition) is 7. The van der Waals surface area contributed by atoms with Crippen molar-refractivity contribution < 1.29 is 28.6 Å². The van der Waals surface area contributed by atoms with Crippen LogP contribution in [0.2, 0.25) is 5.02 Å². The summed E-state index contributed by atoms with van der Waals surface area (Å²) >= 11 is 10.5. The van der Waals surface area contributed by atoms with Crippen LogP contribution in [0.25, 0.3) is 6.08 Å². The summed E-state index contributed by atoms with van der Waals surface area (Å²) in [5, 5.41) is 2.77. The second kappa shape index (κ2) is 14.8. The maximum absolute atomic E-state index is 13.1. The van der Waals surface area contributed by atoms with E-state index < -0.39 is 11.8 Å². The quantitative estimate of drug-likeness (QED) is 0.193. The molecule has 0 aliphatic carbocycles. The summed E-state index contributed by atoms with van der Waals surface area (Å²) in [6.45, 7) is 8.36. The van der Waals surface area contributed by atoms with Crippen molar-refractivity contribution >= 4 is 68.1 Å². The van der Waals surface area contributed by atoms with Crippen molar-refractivity contribution in [2.75, 3.05) is 31.7 Å². The summed E-state index contributed by atoms with van der Waals surface area (Å²) in [5.41, 5.74) is 3.24. The molecule has 3 aromatic carbocycles. The molecule has 1 heterocycles. The first-order chi connectivity index (χ1) is 20.6. The number of thioether (sulfide) groups is 1. The zero-order valence-electron chi connectivity index (χ0n) is 24.2. The molecule has 3 aromatic rings. The molecule has 43 heavy (non-hydrogen) atoms. The number of rotatable bonds is 12. The van der Waals surface area contributed by atoms with Crippen molar-refractivity contribution in [1.82, 2.24) is 4.90 Å². The molecular formula is C32H32BrClN2O6S. The standard InChI is InChI=1S/C32H32BrClN2O6S/c1-5-40-27-16-21(15-23(33)30(27)42-18-29(37)35-25-9-7-6-8-24(25)34)17-28-31(38)36(32(39)43-28)12-13-41-26-14-20(4)10-11-22(26)19(2)3/h6-11,14-17,19H,5,12-13,18H2,1-4H3,(H,35,37)/b28-17-. The molecule has 0 radical (unpaired) electrons. The van der Waals surface area contributed by atoms with Gasteiger partial charge in [-0.15, -0.1) is 0 Å². The first kappa shape index (κ1) is 32.4. The van der Waals surface area contributed by atoms with Crippen LogP contribution in [-0.4, -0.2) is 48.3 Å². The number of nitrogens with zero attached hydrogens (tertiary/aromatic N) is 1. The van der Waals surface area contributed by atoms with Crippen LogP contribution in [0.15, 0.2) is 64.0 Å². The molecule has 226 valence electrons. The average molecular weight is 688 g/mol. The number of anilines is 1. The van der Waals surface area contributed by atoms with E-state index in [1.807, 2.05) is 32.0 Å². The zero-order valence-corrected chi connectivity index (χ0v) is 27.4. The number of imide groups is 1. The van der Waals surface area contributed by atoms with Crippen molar-refractivity contribution in [2.24, 2.45) is 0 Å². The topological polar surface area (TPSA) is 94.2 Å². The molecule has 0 spiro atoms. The Morgan fingerprint density at radius 3 is 2.56 bits per heavy atom. The van der Waals surface area contributed by atoms with E-state index in [1.165, 1.54) is 4.90 Å². The van der Waals surface area contributed by atoms with Crippen molar-refractivity contribution in [1.29, 1.82) is 0 Å². The van der Waals surface area contributed by atoms with Crippen molar-refractivity contribution in [2.45, 2.75) is 33.6 Å². The number of carbonyl (C=O) groups is 3. The smallest absolute Gasteiger partial charge is 0.293 e. The van der Waals surface area contributed by atoms with Gasteiger partial charge in [-0.05, 0) is 101 Å². The third kappa shape index (κ3) is 8.34. The Bertz CT molecular complexity index is 1560. The Morgan fingerprint density at radius 2 is 1.84 bits per heavy atom. The number of carbonyl (C=O) groups excluding carboxylic acids is 3. The number of amides is 3. The van der Waals surface area contributed by atoms with Crippen LogP contribution in [0.4, 0.5) is 10.5 Å². The number of ether oxygens (including phenoxy) is 3. The second-order valence-corrected chi connectivity index (χ2v) is 12.2. The van der Waals surface area contributed by atoms with Crippen LogP contribution in [0.3, 0.4) is 0 Å². The Hall–Kier alpha value is -3.47. The lowest BCUT2D eigenvalue weighted by atomic mass is 10.0. The van der Waals surface area contributed by atoms with Gasteiger partial charge in [0.15, 0.2) is 18.1 Å². The molecule has 1 aliphatic rings. The monoisotopic (exact) mass is 686 g/mol. The Morgan fingerprint density at radius 1 is 1.07 bits per heavy atom. The summed E-state index contributed by atoms with van der Waals surface area (Å²) in [6, 6.07) is 16.4. The summed E-state index contributed by atoms with van der Waals surface area (Å²) in [7, 11) is 0. The number of halogens is 2. The van der Waals surface area contributed by atoms with E-state index in [4.69, 9.17) is 25.8 Å². The highest BCUT2D eigenvalue weighted by Crippen LogP contribution is 2.39. The lowest BCUT2D eigenvalue weighted by molar-refractivity contribution is -0.123. The van der Waals surface area contributed by atoms with Crippen molar-refractivity contribution in [3.8, 4) is 17.2 Å². The number of benzene rings is 3. The summed E-state index contributed by atoms with van der Waals surface area (Å²) in [4.78, 5) is 39.8. The van der Waals surface area contributed by atoms with E-state index in [9.17, 15) is 14.4 Å². The second-order valence-electron chi connectivity index (χ2n) is 9.96. The van der Waals surface area contributed by atoms with Gasteiger partial charge in [0.2, 0.25) is 0 Å². The minimum atomic E-state index is -0.396. The third-order valence-corrected chi connectivity index (χ3v) is 8.19. The molecule has 0 saturated carbocycles. The van der Waals surface area contributed by atoms with E-state index in [0.29, 0.717) is 38.9 Å². The van der Waals surface area contributed by atoms with E-state index in [0.717, 1.165) is 28.6 Å². The summed E-state index contributed by atoms with van der Waals surface area (Å²) in [6.07, 6.45) is 1.63. The largest absolute Gasteiger partial charge is 0.491 e. The summed E-state index contributed by atoms with van der Waals surface area (Å²) < 4.78 is 18.1. The van der Waals surface area contributed by atoms with Crippen LogP contribution in [0, 0.1) is 6.92 Å². The lowest BCUT2D eigenvalue weighted by Gasteiger charge is -2.17. The molecule has 3 amide bonds. The minimum absolute atomic E-state index is 0.129. The number of para-hydroxylation sites is 1. The van der Waals surface area contributed by atoms with Crippen LogP contribution < -0.4 is 19.5 Å². The number of hydrogen-bond donors (Lipinski definition) is 1. The molecule has 4 rings (SSSR count). The van der Waals surface area contributed by atoms with E-state index in [2.05, 4.69) is 35.1 Å². The van der Waals surface area contributed by atoms with Gasteiger partial charge >= 0.3 is 0 Å². The molecule has 1 fully saturated rings. The Balaban J connectivity index is 1.43. The van der Waals surface area contributed by atoms with Gasteiger partial charge in [0.1, 0.15) is 12.4 Å².